The molecule has 4 rings (SSSR count). The van der Waals surface area contributed by atoms with Crippen molar-refractivity contribution in [3.63, 3.8) is 0 Å². The highest BCUT2D eigenvalue weighted by Crippen LogP contribution is 2.31. The van der Waals surface area contributed by atoms with Gasteiger partial charge in [0.1, 0.15) is 5.82 Å². The van der Waals surface area contributed by atoms with Gasteiger partial charge in [0.05, 0.1) is 28.6 Å². The fourth-order valence-corrected chi connectivity index (χ4v) is 3.02. The molecule has 2 aromatic carbocycles. The number of azo groups is 1. The lowest BCUT2D eigenvalue weighted by molar-refractivity contribution is -0.137. The highest BCUT2D eigenvalue weighted by molar-refractivity contribution is 6.11. The smallest absolute Gasteiger partial charge is 0.310 e. The summed E-state index contributed by atoms with van der Waals surface area (Å²) in [4.78, 5) is 20.5. The molecule has 1 N–H and O–H groups in total. The van der Waals surface area contributed by atoms with Gasteiger partial charge in [0.2, 0.25) is 0 Å². The predicted octanol–water partition coefficient (Wildman–Crippen LogP) is 4.22. The fourth-order valence-electron chi connectivity index (χ4n) is 3.02. The van der Waals surface area contributed by atoms with E-state index >= 15 is 0 Å². The number of aromatic nitrogens is 2. The zero-order valence-electron chi connectivity index (χ0n) is 14.5. The van der Waals surface area contributed by atoms with Gasteiger partial charge in [-0.05, 0) is 36.7 Å². The Labute approximate surface area is 157 Å². The Balaban J connectivity index is 1.43. The van der Waals surface area contributed by atoms with Gasteiger partial charge in [0.25, 0.3) is 5.91 Å². The van der Waals surface area contributed by atoms with Crippen molar-refractivity contribution in [2.24, 2.45) is 10.2 Å². The Bertz CT molecular complexity index is 1090. The first-order chi connectivity index (χ1) is 13.4. The van der Waals surface area contributed by atoms with Gasteiger partial charge in [-0.2, -0.15) is 13.2 Å². The van der Waals surface area contributed by atoms with E-state index in [2.05, 4.69) is 25.5 Å². The Morgan fingerprint density at radius 3 is 2.64 bits per heavy atom. The van der Waals surface area contributed by atoms with Gasteiger partial charge in [0.15, 0.2) is 5.82 Å². The quantitative estimate of drug-likeness (QED) is 0.667. The number of carbonyl (C=O) groups is 1. The van der Waals surface area contributed by atoms with Gasteiger partial charge < -0.3 is 5.32 Å². The molecular formula is C19H14F3N5O. The average Bonchev–Trinajstić information content (AvgIpc) is 2.68. The molecule has 1 amide bonds. The van der Waals surface area contributed by atoms with Crippen LogP contribution in [-0.4, -0.2) is 22.4 Å². The van der Waals surface area contributed by atoms with Gasteiger partial charge in [-0.3, -0.25) is 4.79 Å². The molecule has 0 atom stereocenters. The van der Waals surface area contributed by atoms with Gasteiger partial charge >= 0.3 is 6.18 Å². The third-order valence-corrected chi connectivity index (χ3v) is 4.34. The number of halogens is 3. The molecular weight excluding hydrogens is 371 g/mol. The highest BCUT2D eigenvalue weighted by Gasteiger charge is 2.30. The molecule has 0 bridgehead atoms. The summed E-state index contributed by atoms with van der Waals surface area (Å²) in [5.41, 5.74) is 0.960. The summed E-state index contributed by atoms with van der Waals surface area (Å²) >= 11 is 0. The van der Waals surface area contributed by atoms with Crippen LogP contribution in [0.3, 0.4) is 0 Å². The molecule has 1 aromatic heterocycles. The van der Waals surface area contributed by atoms with Crippen LogP contribution in [0, 0.1) is 0 Å². The van der Waals surface area contributed by atoms with E-state index in [0.29, 0.717) is 53.2 Å². The van der Waals surface area contributed by atoms with Crippen LogP contribution in [0.2, 0.25) is 0 Å². The second kappa shape index (κ2) is 7.08. The topological polar surface area (TPSA) is 79.6 Å². The van der Waals surface area contributed by atoms with E-state index in [4.69, 9.17) is 0 Å². The van der Waals surface area contributed by atoms with E-state index in [0.717, 1.165) is 12.1 Å². The normalized spacial score (nSPS) is 13.3. The second-order valence-corrected chi connectivity index (χ2v) is 6.29. The molecule has 0 saturated heterocycles. The van der Waals surface area contributed by atoms with Crippen molar-refractivity contribution < 1.29 is 18.0 Å². The first kappa shape index (κ1) is 18.2. The first-order valence-electron chi connectivity index (χ1n) is 8.54. The summed E-state index contributed by atoms with van der Waals surface area (Å²) < 4.78 is 38.3. The number of amides is 1. The number of alkyl halides is 3. The predicted molar refractivity (Wildman–Crippen MR) is 95.2 cm³/mol. The molecule has 9 heteroatoms. The zero-order chi connectivity index (χ0) is 19.7. The van der Waals surface area contributed by atoms with Crippen molar-refractivity contribution in [2.75, 3.05) is 6.54 Å². The van der Waals surface area contributed by atoms with Crippen molar-refractivity contribution in [1.82, 2.24) is 15.3 Å². The minimum Gasteiger partial charge on any atom is -0.310 e. The number of nitrogens with zero attached hydrogens (tertiary/aromatic N) is 4. The molecule has 0 fully saturated rings. The molecule has 28 heavy (non-hydrogen) atoms. The minimum absolute atomic E-state index is 0.315. The largest absolute Gasteiger partial charge is 0.416 e. The summed E-state index contributed by atoms with van der Waals surface area (Å²) in [5.74, 6) is 0.389. The lowest BCUT2D eigenvalue weighted by atomic mass is 10.1. The third-order valence-electron chi connectivity index (χ3n) is 4.34. The van der Waals surface area contributed by atoms with Crippen molar-refractivity contribution in [1.29, 1.82) is 0 Å². The van der Waals surface area contributed by atoms with Crippen LogP contribution in [0.15, 0.2) is 52.7 Å². The van der Waals surface area contributed by atoms with Crippen LogP contribution in [0.5, 0.6) is 0 Å². The summed E-state index contributed by atoms with van der Waals surface area (Å²) in [7, 11) is 0. The van der Waals surface area contributed by atoms with E-state index in [-0.39, 0.29) is 0 Å². The number of hydrogen-bond acceptors (Lipinski definition) is 5. The third kappa shape index (κ3) is 3.61. The van der Waals surface area contributed by atoms with E-state index in [1.54, 1.807) is 24.3 Å². The molecule has 0 aliphatic carbocycles. The number of hydrogen-bond donors (Lipinski definition) is 1. The number of rotatable bonds is 5. The van der Waals surface area contributed by atoms with Crippen molar-refractivity contribution in [3.8, 4) is 0 Å². The molecule has 1 aliphatic rings. The standard InChI is InChI=1S/C19H14F3N5O/c20-19(21,22)12-4-1-3-11(9-12)7-8-23-10-15-24-14-6-2-5-13-16(14)17(25-15)26-27-18(13)28/h1-6,9,23H,7-8,10H2. The summed E-state index contributed by atoms with van der Waals surface area (Å²) in [6.07, 6.45) is -3.92. The molecule has 0 radical (unpaired) electrons. The molecule has 3 aromatic rings. The lowest BCUT2D eigenvalue weighted by Gasteiger charge is -2.11. The van der Waals surface area contributed by atoms with Crippen LogP contribution in [0.4, 0.5) is 19.0 Å². The average molecular weight is 385 g/mol. The van der Waals surface area contributed by atoms with Gasteiger partial charge in [-0.25, -0.2) is 9.97 Å². The second-order valence-electron chi connectivity index (χ2n) is 6.29. The summed E-state index contributed by atoms with van der Waals surface area (Å²) in [6, 6.07) is 10.4. The van der Waals surface area contributed by atoms with Crippen LogP contribution in [0.25, 0.3) is 10.9 Å². The maximum Gasteiger partial charge on any atom is 0.416 e. The maximum atomic E-state index is 12.8. The molecule has 6 nitrogen and oxygen atoms in total. The molecule has 142 valence electrons. The first-order valence-corrected chi connectivity index (χ1v) is 8.54. The summed E-state index contributed by atoms with van der Waals surface area (Å²) in [5, 5.41) is 11.1. The molecule has 0 saturated carbocycles. The van der Waals surface area contributed by atoms with Crippen molar-refractivity contribution in [3.05, 3.63) is 65.0 Å². The van der Waals surface area contributed by atoms with E-state index < -0.39 is 17.6 Å². The Hall–Kier alpha value is -3.20. The molecule has 2 heterocycles. The van der Waals surface area contributed by atoms with Crippen LogP contribution in [0.1, 0.15) is 27.3 Å². The summed E-state index contributed by atoms with van der Waals surface area (Å²) in [6.45, 7) is 0.772. The van der Waals surface area contributed by atoms with Crippen molar-refractivity contribution >= 4 is 22.6 Å². The SMILES string of the molecule is O=C1N=Nc2nc(CNCCc3cccc(C(F)(F)F)c3)nc3cccc1c23. The van der Waals surface area contributed by atoms with Gasteiger partial charge in [-0.1, -0.05) is 24.3 Å². The Kier molecular flexibility index (Phi) is 4.60. The Morgan fingerprint density at radius 2 is 1.82 bits per heavy atom. The highest BCUT2D eigenvalue weighted by atomic mass is 19.4. The van der Waals surface area contributed by atoms with Gasteiger partial charge in [0, 0.05) is 0 Å². The number of benzene rings is 2. The van der Waals surface area contributed by atoms with Crippen LogP contribution >= 0.6 is 0 Å². The number of carbonyl (C=O) groups excluding carboxylic acids is 1. The maximum absolute atomic E-state index is 12.8. The van der Waals surface area contributed by atoms with Crippen LogP contribution < -0.4 is 5.32 Å². The van der Waals surface area contributed by atoms with Gasteiger partial charge in [-0.15, -0.1) is 10.2 Å². The molecule has 0 spiro atoms. The molecule has 1 aliphatic heterocycles. The zero-order valence-corrected chi connectivity index (χ0v) is 14.5. The monoisotopic (exact) mass is 385 g/mol. The number of nitrogens with one attached hydrogen (secondary N) is 1. The fraction of sp³-hybridized carbons (Fsp3) is 0.211. The lowest BCUT2D eigenvalue weighted by Crippen LogP contribution is -2.19. The van der Waals surface area contributed by atoms with Crippen LogP contribution in [-0.2, 0) is 19.1 Å². The molecule has 0 unspecified atom stereocenters. The Morgan fingerprint density at radius 1 is 1.00 bits per heavy atom. The minimum atomic E-state index is -4.35. The van der Waals surface area contributed by atoms with E-state index in [1.165, 1.54) is 6.07 Å². The van der Waals surface area contributed by atoms with E-state index in [1.807, 2.05) is 0 Å². The van der Waals surface area contributed by atoms with Crippen molar-refractivity contribution in [2.45, 2.75) is 19.1 Å². The van der Waals surface area contributed by atoms with E-state index in [9.17, 15) is 18.0 Å².